The minimum absolute atomic E-state index is 0.0789. The maximum absolute atomic E-state index is 15.2. The van der Waals surface area contributed by atoms with Gasteiger partial charge in [-0.1, -0.05) is 32.0 Å². The van der Waals surface area contributed by atoms with Gasteiger partial charge in [0, 0.05) is 31.7 Å². The minimum atomic E-state index is -0.828. The van der Waals surface area contributed by atoms with Crippen molar-refractivity contribution in [3.8, 4) is 0 Å². The Hall–Kier alpha value is -3.26. The van der Waals surface area contributed by atoms with Crippen molar-refractivity contribution in [3.63, 3.8) is 0 Å². The van der Waals surface area contributed by atoms with Crippen molar-refractivity contribution >= 4 is 23.5 Å². The van der Waals surface area contributed by atoms with Crippen LogP contribution < -0.4 is 5.32 Å². The summed E-state index contributed by atoms with van der Waals surface area (Å²) in [4.78, 5) is 40.8. The first-order chi connectivity index (χ1) is 18.6. The number of aryl methyl sites for hydroxylation is 1. The lowest BCUT2D eigenvalue weighted by Gasteiger charge is -2.42. The van der Waals surface area contributed by atoms with Gasteiger partial charge in [0.25, 0.3) is 5.91 Å². The summed E-state index contributed by atoms with van der Waals surface area (Å²) >= 11 is 0. The number of methoxy groups -OCH3 is 2. The molecule has 0 radical (unpaired) electrons. The van der Waals surface area contributed by atoms with E-state index >= 15 is 4.39 Å². The number of anilines is 1. The van der Waals surface area contributed by atoms with E-state index in [1.165, 1.54) is 13.2 Å². The minimum Gasteiger partial charge on any atom is -0.469 e. The van der Waals surface area contributed by atoms with Crippen LogP contribution in [0.5, 0.6) is 0 Å². The number of ether oxygens (including phenoxy) is 2. The van der Waals surface area contributed by atoms with E-state index < -0.39 is 6.04 Å². The van der Waals surface area contributed by atoms with E-state index in [0.29, 0.717) is 44.5 Å². The number of carbonyl (C=O) groups is 3. The quantitative estimate of drug-likeness (QED) is 0.512. The second kappa shape index (κ2) is 10.7. The Labute approximate surface area is 229 Å². The summed E-state index contributed by atoms with van der Waals surface area (Å²) in [5.74, 6) is -1.13. The van der Waals surface area contributed by atoms with Gasteiger partial charge in [-0.15, -0.1) is 0 Å². The van der Waals surface area contributed by atoms with E-state index in [1.54, 1.807) is 12.0 Å². The first-order valence-electron chi connectivity index (χ1n) is 13.7. The molecule has 3 aliphatic rings. The van der Waals surface area contributed by atoms with Gasteiger partial charge >= 0.3 is 5.97 Å². The number of hydrogen-bond acceptors (Lipinski definition) is 5. The van der Waals surface area contributed by atoms with E-state index in [-0.39, 0.29) is 40.9 Å². The standard InChI is InChI=1S/C31H37FN2O5/c1-31(2)9-7-21-15-23(16-25(32)27(21)31)33-29(36)28-24-6-5-18(17-38-3)11-20(24)8-10-34(28)30(37)22-12-19(13-22)14-26(35)39-4/h5-6,11,15-16,19,22,28H,7-10,12-14,17H2,1-4H3,(H,33,36)/t19-,22+,28-/m1/s1. The molecule has 0 bridgehead atoms. The van der Waals surface area contributed by atoms with Gasteiger partial charge < -0.3 is 19.7 Å². The molecule has 0 unspecified atom stereocenters. The maximum Gasteiger partial charge on any atom is 0.305 e. The van der Waals surface area contributed by atoms with Gasteiger partial charge in [-0.2, -0.15) is 0 Å². The molecule has 2 amide bonds. The van der Waals surface area contributed by atoms with Crippen LogP contribution in [0.2, 0.25) is 0 Å². The molecule has 1 saturated carbocycles. The van der Waals surface area contributed by atoms with E-state index in [2.05, 4.69) is 5.32 Å². The van der Waals surface area contributed by atoms with Crippen LogP contribution in [0.4, 0.5) is 10.1 Å². The Morgan fingerprint density at radius 1 is 1.08 bits per heavy atom. The molecule has 1 heterocycles. The molecule has 1 aliphatic heterocycles. The van der Waals surface area contributed by atoms with Crippen molar-refractivity contribution in [1.82, 2.24) is 4.90 Å². The van der Waals surface area contributed by atoms with Crippen molar-refractivity contribution in [3.05, 3.63) is 64.0 Å². The summed E-state index contributed by atoms with van der Waals surface area (Å²) in [6, 6.07) is 8.29. The van der Waals surface area contributed by atoms with Crippen LogP contribution in [0.15, 0.2) is 30.3 Å². The summed E-state index contributed by atoms with van der Waals surface area (Å²) < 4.78 is 25.2. The van der Waals surface area contributed by atoms with Crippen molar-refractivity contribution in [2.75, 3.05) is 26.1 Å². The van der Waals surface area contributed by atoms with Crippen LogP contribution in [0.25, 0.3) is 0 Å². The van der Waals surface area contributed by atoms with Gasteiger partial charge in [0.15, 0.2) is 0 Å². The van der Waals surface area contributed by atoms with Crippen LogP contribution in [-0.4, -0.2) is 43.4 Å². The first-order valence-corrected chi connectivity index (χ1v) is 13.7. The summed E-state index contributed by atoms with van der Waals surface area (Å²) in [6.45, 7) is 4.94. The predicted octanol–water partition coefficient (Wildman–Crippen LogP) is 4.85. The van der Waals surface area contributed by atoms with E-state index in [1.807, 2.05) is 38.1 Å². The topological polar surface area (TPSA) is 84.9 Å². The molecule has 0 aromatic heterocycles. The van der Waals surface area contributed by atoms with Crippen LogP contribution in [0.3, 0.4) is 0 Å². The highest BCUT2D eigenvalue weighted by molar-refractivity contribution is 5.99. The van der Waals surface area contributed by atoms with E-state index in [0.717, 1.165) is 40.7 Å². The van der Waals surface area contributed by atoms with E-state index in [4.69, 9.17) is 9.47 Å². The largest absolute Gasteiger partial charge is 0.469 e. The molecule has 7 nitrogen and oxygen atoms in total. The molecule has 208 valence electrons. The van der Waals surface area contributed by atoms with Crippen molar-refractivity contribution < 1.29 is 28.2 Å². The Morgan fingerprint density at radius 3 is 2.56 bits per heavy atom. The molecular formula is C31H37FN2O5. The van der Waals surface area contributed by atoms with Crippen LogP contribution in [-0.2, 0) is 48.7 Å². The number of benzene rings is 2. The number of carbonyl (C=O) groups excluding carboxylic acids is 3. The average Bonchev–Trinajstić information content (AvgIpc) is 3.19. The molecular weight excluding hydrogens is 499 g/mol. The number of rotatable bonds is 7. The van der Waals surface area contributed by atoms with Crippen molar-refractivity contribution in [2.45, 2.75) is 70.4 Å². The molecule has 2 aromatic carbocycles. The zero-order valence-electron chi connectivity index (χ0n) is 23.1. The second-order valence-corrected chi connectivity index (χ2v) is 11.8. The van der Waals surface area contributed by atoms with Crippen molar-refractivity contribution in [2.24, 2.45) is 11.8 Å². The highest BCUT2D eigenvalue weighted by Gasteiger charge is 2.43. The Kier molecular flexibility index (Phi) is 7.51. The fraction of sp³-hybridized carbons (Fsp3) is 0.516. The SMILES string of the molecule is COCc1ccc2c(c1)CCN(C(=O)[C@H]1C[C@@H](CC(=O)OC)C1)[C@H]2C(=O)Nc1cc(F)c2c(c1)CCC2(C)C. The molecule has 5 rings (SSSR count). The molecule has 1 atom stereocenters. The van der Waals surface area contributed by atoms with Gasteiger partial charge in [-0.25, -0.2) is 4.39 Å². The summed E-state index contributed by atoms with van der Waals surface area (Å²) in [6.07, 6.45) is 3.75. The van der Waals surface area contributed by atoms with Crippen molar-refractivity contribution in [1.29, 1.82) is 0 Å². The van der Waals surface area contributed by atoms with E-state index in [9.17, 15) is 14.4 Å². The van der Waals surface area contributed by atoms with Gasteiger partial charge in [0.05, 0.1) is 13.7 Å². The van der Waals surface area contributed by atoms with Crippen LogP contribution in [0.1, 0.15) is 73.4 Å². The Balaban J connectivity index is 1.40. The highest BCUT2D eigenvalue weighted by atomic mass is 19.1. The lowest BCUT2D eigenvalue weighted by atomic mass is 9.72. The number of amides is 2. The fourth-order valence-corrected chi connectivity index (χ4v) is 6.59. The molecule has 0 saturated heterocycles. The smallest absolute Gasteiger partial charge is 0.305 e. The van der Waals surface area contributed by atoms with Crippen LogP contribution in [0, 0.1) is 17.7 Å². The van der Waals surface area contributed by atoms with Crippen LogP contribution >= 0.6 is 0 Å². The number of nitrogens with zero attached hydrogens (tertiary/aromatic N) is 1. The van der Waals surface area contributed by atoms with Gasteiger partial charge in [0.2, 0.25) is 5.91 Å². The third kappa shape index (κ3) is 5.31. The highest BCUT2D eigenvalue weighted by Crippen LogP contribution is 2.43. The monoisotopic (exact) mass is 536 g/mol. The normalized spacial score (nSPS) is 22.9. The predicted molar refractivity (Wildman–Crippen MR) is 145 cm³/mol. The molecule has 39 heavy (non-hydrogen) atoms. The fourth-order valence-electron chi connectivity index (χ4n) is 6.59. The van der Waals surface area contributed by atoms with Gasteiger partial charge in [0.1, 0.15) is 11.9 Å². The summed E-state index contributed by atoms with van der Waals surface area (Å²) in [7, 11) is 3.00. The first kappa shape index (κ1) is 27.3. The zero-order chi connectivity index (χ0) is 27.9. The van der Waals surface area contributed by atoms with Gasteiger partial charge in [-0.05, 0) is 83.4 Å². The molecule has 2 aromatic rings. The molecule has 2 aliphatic carbocycles. The number of hydrogen-bond donors (Lipinski definition) is 1. The third-order valence-corrected chi connectivity index (χ3v) is 8.68. The lowest BCUT2D eigenvalue weighted by molar-refractivity contribution is -0.150. The van der Waals surface area contributed by atoms with Gasteiger partial charge in [-0.3, -0.25) is 14.4 Å². The number of halogens is 1. The number of esters is 1. The molecule has 0 spiro atoms. The maximum atomic E-state index is 15.2. The Morgan fingerprint density at radius 2 is 1.85 bits per heavy atom. The number of nitrogens with one attached hydrogen (secondary N) is 1. The molecule has 8 heteroatoms. The zero-order valence-corrected chi connectivity index (χ0v) is 23.1. The second-order valence-electron chi connectivity index (χ2n) is 11.8. The number of fused-ring (bicyclic) bond motifs is 2. The lowest BCUT2D eigenvalue weighted by Crippen LogP contribution is -2.50. The summed E-state index contributed by atoms with van der Waals surface area (Å²) in [5, 5.41) is 2.93. The molecule has 1 fully saturated rings. The average molecular weight is 537 g/mol. The summed E-state index contributed by atoms with van der Waals surface area (Å²) in [5.41, 5.74) is 4.60. The molecule has 1 N–H and O–H groups in total. The third-order valence-electron chi connectivity index (χ3n) is 8.68. The Bertz CT molecular complexity index is 1300.